The van der Waals surface area contributed by atoms with Gasteiger partial charge in [0.2, 0.25) is 0 Å². The highest BCUT2D eigenvalue weighted by Gasteiger charge is 2.42. The van der Waals surface area contributed by atoms with Gasteiger partial charge < -0.3 is 15.2 Å². The molecule has 23 heavy (non-hydrogen) atoms. The minimum absolute atomic E-state index is 0.164. The second-order valence-electron chi connectivity index (χ2n) is 6.97. The first-order valence-corrected chi connectivity index (χ1v) is 8.97. The summed E-state index contributed by atoms with van der Waals surface area (Å²) in [5.41, 5.74) is 6.51. The lowest BCUT2D eigenvalue weighted by atomic mass is 9.75. The number of hydrogen-bond acceptors (Lipinski definition) is 3. The summed E-state index contributed by atoms with van der Waals surface area (Å²) in [6.45, 7) is 8.40. The highest BCUT2D eigenvalue weighted by atomic mass is 16.5. The van der Waals surface area contributed by atoms with E-state index in [0.29, 0.717) is 12.3 Å². The Morgan fingerprint density at radius 2 is 2.17 bits per heavy atom. The maximum absolute atomic E-state index is 9.67. The van der Waals surface area contributed by atoms with Crippen LogP contribution in [-0.2, 0) is 11.2 Å². The zero-order chi connectivity index (χ0) is 16.4. The lowest BCUT2D eigenvalue weighted by molar-refractivity contribution is -0.0611. The average Bonchev–Trinajstić information content (AvgIpc) is 2.75. The number of hydrogen-bond donors (Lipinski definition) is 2. The SMILES string of the molecule is CCc1cccc2c1NCC1=C2CCCOC1(CCO)C(C)C. The number of aliphatic hydroxyl groups is 1. The summed E-state index contributed by atoms with van der Waals surface area (Å²) in [6, 6.07) is 6.63. The van der Waals surface area contributed by atoms with Crippen molar-refractivity contribution in [3.63, 3.8) is 0 Å². The third-order valence-corrected chi connectivity index (χ3v) is 5.52. The Kier molecular flexibility index (Phi) is 4.79. The van der Waals surface area contributed by atoms with Crippen LogP contribution in [0.25, 0.3) is 5.57 Å². The van der Waals surface area contributed by atoms with Crippen molar-refractivity contribution in [1.29, 1.82) is 0 Å². The Bertz CT molecular complexity index is 606. The highest BCUT2D eigenvalue weighted by Crippen LogP contribution is 2.46. The standard InChI is InChI=1S/C20H29NO2/c1-4-15-7-5-8-17-16-9-6-12-23-20(10-11-22,14(2)3)18(16)13-21-19(15)17/h5,7-8,14,21-22H,4,6,9-13H2,1-3H3. The van der Waals surface area contributed by atoms with Crippen molar-refractivity contribution < 1.29 is 9.84 Å². The first-order chi connectivity index (χ1) is 11.1. The smallest absolute Gasteiger partial charge is 0.0958 e. The lowest BCUT2D eigenvalue weighted by Gasteiger charge is -2.42. The number of fused-ring (bicyclic) bond motifs is 2. The predicted octanol–water partition coefficient (Wildman–Crippen LogP) is 4.02. The van der Waals surface area contributed by atoms with E-state index in [1.165, 1.54) is 28.0 Å². The normalized spacial score (nSPS) is 24.0. The molecule has 0 amide bonds. The molecular weight excluding hydrogens is 286 g/mol. The number of rotatable bonds is 4. The molecule has 1 aromatic carbocycles. The van der Waals surface area contributed by atoms with Gasteiger partial charge in [-0.2, -0.15) is 0 Å². The van der Waals surface area contributed by atoms with Crippen LogP contribution >= 0.6 is 0 Å². The molecule has 0 saturated heterocycles. The first kappa shape index (κ1) is 16.5. The highest BCUT2D eigenvalue weighted by molar-refractivity contribution is 5.84. The zero-order valence-corrected chi connectivity index (χ0v) is 14.6. The van der Waals surface area contributed by atoms with E-state index in [1.54, 1.807) is 0 Å². The molecular formula is C20H29NO2. The van der Waals surface area contributed by atoms with Crippen LogP contribution in [0.5, 0.6) is 0 Å². The fourth-order valence-electron chi connectivity index (χ4n) is 4.27. The number of anilines is 1. The van der Waals surface area contributed by atoms with E-state index >= 15 is 0 Å². The first-order valence-electron chi connectivity index (χ1n) is 8.97. The van der Waals surface area contributed by atoms with Gasteiger partial charge in [-0.15, -0.1) is 0 Å². The summed E-state index contributed by atoms with van der Waals surface area (Å²) in [7, 11) is 0. The molecule has 2 N–H and O–H groups in total. The van der Waals surface area contributed by atoms with Gasteiger partial charge in [-0.05, 0) is 41.9 Å². The lowest BCUT2D eigenvalue weighted by Crippen LogP contribution is -2.44. The van der Waals surface area contributed by atoms with Crippen molar-refractivity contribution in [1.82, 2.24) is 0 Å². The molecule has 3 heteroatoms. The van der Waals surface area contributed by atoms with Crippen molar-refractivity contribution in [3.8, 4) is 0 Å². The monoisotopic (exact) mass is 315 g/mol. The van der Waals surface area contributed by atoms with E-state index in [4.69, 9.17) is 4.74 Å². The van der Waals surface area contributed by atoms with Gasteiger partial charge in [0.15, 0.2) is 0 Å². The van der Waals surface area contributed by atoms with Crippen molar-refractivity contribution in [2.45, 2.75) is 52.1 Å². The van der Waals surface area contributed by atoms with Crippen LogP contribution in [0.15, 0.2) is 23.8 Å². The van der Waals surface area contributed by atoms with Crippen LogP contribution in [0.1, 0.15) is 51.2 Å². The van der Waals surface area contributed by atoms with E-state index in [-0.39, 0.29) is 12.2 Å². The Hall–Kier alpha value is -1.32. The molecule has 0 aromatic heterocycles. The van der Waals surface area contributed by atoms with E-state index < -0.39 is 0 Å². The van der Waals surface area contributed by atoms with Gasteiger partial charge in [0, 0.05) is 37.4 Å². The summed E-state index contributed by atoms with van der Waals surface area (Å²) in [4.78, 5) is 0. The molecule has 2 aliphatic heterocycles. The summed E-state index contributed by atoms with van der Waals surface area (Å²) in [5, 5.41) is 13.3. The predicted molar refractivity (Wildman–Crippen MR) is 95.7 cm³/mol. The average molecular weight is 315 g/mol. The van der Waals surface area contributed by atoms with Crippen molar-refractivity contribution >= 4 is 11.3 Å². The number of aliphatic hydroxyl groups excluding tert-OH is 1. The number of nitrogens with one attached hydrogen (secondary N) is 1. The van der Waals surface area contributed by atoms with E-state index in [9.17, 15) is 5.11 Å². The number of aryl methyl sites for hydroxylation is 1. The molecule has 0 spiro atoms. The van der Waals surface area contributed by atoms with Crippen LogP contribution in [0.2, 0.25) is 0 Å². The third kappa shape index (κ3) is 2.70. The summed E-state index contributed by atoms with van der Waals surface area (Å²) in [5.74, 6) is 0.343. The minimum atomic E-state index is -0.340. The molecule has 1 unspecified atom stereocenters. The van der Waals surface area contributed by atoms with Crippen LogP contribution in [-0.4, -0.2) is 30.5 Å². The molecule has 2 aliphatic rings. The zero-order valence-electron chi connectivity index (χ0n) is 14.6. The Balaban J connectivity index is 2.17. The van der Waals surface area contributed by atoms with Crippen LogP contribution in [0.4, 0.5) is 5.69 Å². The fourth-order valence-corrected chi connectivity index (χ4v) is 4.27. The molecule has 2 heterocycles. The largest absolute Gasteiger partial charge is 0.396 e. The molecule has 1 atom stereocenters. The molecule has 0 aliphatic carbocycles. The molecule has 0 bridgehead atoms. The quantitative estimate of drug-likeness (QED) is 0.882. The summed E-state index contributed by atoms with van der Waals surface area (Å²) < 4.78 is 6.38. The van der Waals surface area contributed by atoms with E-state index in [0.717, 1.165) is 32.4 Å². The topological polar surface area (TPSA) is 41.5 Å². The maximum Gasteiger partial charge on any atom is 0.0958 e. The molecule has 0 saturated carbocycles. The molecule has 1 aromatic rings. The van der Waals surface area contributed by atoms with Gasteiger partial charge in [0.1, 0.15) is 0 Å². The maximum atomic E-state index is 9.67. The third-order valence-electron chi connectivity index (χ3n) is 5.52. The second kappa shape index (κ2) is 6.66. The van der Waals surface area contributed by atoms with Crippen LogP contribution in [0.3, 0.4) is 0 Å². The van der Waals surface area contributed by atoms with Gasteiger partial charge in [-0.1, -0.05) is 39.0 Å². The van der Waals surface area contributed by atoms with Crippen molar-refractivity contribution in [2.75, 3.05) is 25.1 Å². The minimum Gasteiger partial charge on any atom is -0.396 e. The Morgan fingerprint density at radius 1 is 1.35 bits per heavy atom. The van der Waals surface area contributed by atoms with Crippen LogP contribution < -0.4 is 5.32 Å². The van der Waals surface area contributed by atoms with Crippen LogP contribution in [0, 0.1) is 5.92 Å². The van der Waals surface area contributed by atoms with Crippen molar-refractivity contribution in [3.05, 3.63) is 34.9 Å². The molecule has 3 nitrogen and oxygen atoms in total. The summed E-state index contributed by atoms with van der Waals surface area (Å²) >= 11 is 0. The Morgan fingerprint density at radius 3 is 2.87 bits per heavy atom. The van der Waals surface area contributed by atoms with Gasteiger partial charge >= 0.3 is 0 Å². The van der Waals surface area contributed by atoms with Crippen molar-refractivity contribution in [2.24, 2.45) is 5.92 Å². The number of para-hydroxylation sites is 1. The fraction of sp³-hybridized carbons (Fsp3) is 0.600. The molecule has 3 rings (SSSR count). The van der Waals surface area contributed by atoms with E-state index in [1.807, 2.05) is 0 Å². The second-order valence-corrected chi connectivity index (χ2v) is 6.97. The molecule has 0 radical (unpaired) electrons. The Labute approximate surface area is 139 Å². The van der Waals surface area contributed by atoms with Gasteiger partial charge in [-0.3, -0.25) is 0 Å². The molecule has 0 fully saturated rings. The summed E-state index contributed by atoms with van der Waals surface area (Å²) in [6.07, 6.45) is 3.83. The van der Waals surface area contributed by atoms with Gasteiger partial charge in [0.05, 0.1) is 5.60 Å². The van der Waals surface area contributed by atoms with Gasteiger partial charge in [-0.25, -0.2) is 0 Å². The van der Waals surface area contributed by atoms with E-state index in [2.05, 4.69) is 44.3 Å². The number of allylic oxidation sites excluding steroid dienone is 1. The van der Waals surface area contributed by atoms with Gasteiger partial charge in [0.25, 0.3) is 0 Å². The number of ether oxygens (including phenoxy) is 1. The number of benzene rings is 1. The molecule has 126 valence electrons.